The van der Waals surface area contributed by atoms with Crippen LogP contribution >= 0.6 is 23.2 Å². The predicted octanol–water partition coefficient (Wildman–Crippen LogP) is 4.00. The van der Waals surface area contributed by atoms with Gasteiger partial charge in [0.25, 0.3) is 0 Å². The van der Waals surface area contributed by atoms with Crippen LogP contribution in [0.25, 0.3) is 0 Å². The van der Waals surface area contributed by atoms with Crippen LogP contribution in [0.3, 0.4) is 0 Å². The molecule has 21 heavy (non-hydrogen) atoms. The Bertz CT molecular complexity index is 617. The first kappa shape index (κ1) is 15.8. The van der Waals surface area contributed by atoms with Gasteiger partial charge in [0.15, 0.2) is 0 Å². The van der Waals surface area contributed by atoms with Crippen LogP contribution in [0.2, 0.25) is 10.0 Å². The van der Waals surface area contributed by atoms with Gasteiger partial charge in [0, 0.05) is 6.54 Å². The smallest absolute Gasteiger partial charge is 0.327 e. The molecule has 1 N–H and O–H groups in total. The third kappa shape index (κ3) is 4.21. The van der Waals surface area contributed by atoms with Gasteiger partial charge in [-0.3, -0.25) is 5.32 Å². The van der Waals surface area contributed by atoms with Gasteiger partial charge >= 0.3 is 5.97 Å². The van der Waals surface area contributed by atoms with Gasteiger partial charge in [-0.1, -0.05) is 59.6 Å². The van der Waals surface area contributed by atoms with E-state index in [1.165, 1.54) is 7.11 Å². The molecule has 5 heteroatoms. The average Bonchev–Trinajstić information content (AvgIpc) is 2.51. The predicted molar refractivity (Wildman–Crippen MR) is 84.5 cm³/mol. The molecular weight excluding hydrogens is 309 g/mol. The van der Waals surface area contributed by atoms with Crippen LogP contribution in [0.5, 0.6) is 0 Å². The van der Waals surface area contributed by atoms with Crippen molar-refractivity contribution in [2.75, 3.05) is 7.11 Å². The monoisotopic (exact) mass is 323 g/mol. The standard InChI is InChI=1S/C16H15Cl2NO2/c1-21-16(20)15(12-7-8-13(17)14(18)9-12)19-10-11-5-3-2-4-6-11/h2-9,15,19H,10H2,1H3. The third-order valence-corrected chi connectivity index (χ3v) is 3.81. The SMILES string of the molecule is COC(=O)C(NCc1ccccc1)c1ccc(Cl)c(Cl)c1. The van der Waals surface area contributed by atoms with Gasteiger partial charge in [0.1, 0.15) is 6.04 Å². The van der Waals surface area contributed by atoms with Crippen molar-refractivity contribution in [2.45, 2.75) is 12.6 Å². The number of hydrogen-bond donors (Lipinski definition) is 1. The Hall–Kier alpha value is -1.55. The van der Waals surface area contributed by atoms with Crippen LogP contribution < -0.4 is 5.32 Å². The molecule has 0 aliphatic carbocycles. The van der Waals surface area contributed by atoms with E-state index in [0.29, 0.717) is 22.2 Å². The van der Waals surface area contributed by atoms with Crippen molar-refractivity contribution in [3.05, 3.63) is 69.7 Å². The van der Waals surface area contributed by atoms with Crippen LogP contribution in [0.1, 0.15) is 17.2 Å². The summed E-state index contributed by atoms with van der Waals surface area (Å²) in [4.78, 5) is 12.0. The fourth-order valence-corrected chi connectivity index (χ4v) is 2.27. The lowest BCUT2D eigenvalue weighted by atomic mass is 10.1. The number of ether oxygens (including phenoxy) is 1. The molecule has 0 aromatic heterocycles. The fourth-order valence-electron chi connectivity index (χ4n) is 1.96. The molecule has 0 aliphatic rings. The minimum atomic E-state index is -0.593. The first-order valence-electron chi connectivity index (χ1n) is 6.42. The molecular formula is C16H15Cl2NO2. The second-order valence-electron chi connectivity index (χ2n) is 4.50. The summed E-state index contributed by atoms with van der Waals surface area (Å²) in [5.74, 6) is -0.371. The van der Waals surface area contributed by atoms with Gasteiger partial charge < -0.3 is 4.74 Å². The van der Waals surface area contributed by atoms with E-state index in [-0.39, 0.29) is 5.97 Å². The van der Waals surface area contributed by atoms with Crippen LogP contribution in [0.4, 0.5) is 0 Å². The summed E-state index contributed by atoms with van der Waals surface area (Å²) in [5, 5.41) is 4.03. The summed E-state index contributed by atoms with van der Waals surface area (Å²) in [7, 11) is 1.36. The van der Waals surface area contributed by atoms with E-state index in [0.717, 1.165) is 5.56 Å². The van der Waals surface area contributed by atoms with Crippen LogP contribution in [0.15, 0.2) is 48.5 Å². The molecule has 2 aromatic carbocycles. The van der Waals surface area contributed by atoms with Gasteiger partial charge in [0.05, 0.1) is 17.2 Å². The molecule has 0 amide bonds. The number of esters is 1. The summed E-state index contributed by atoms with van der Waals surface area (Å²) < 4.78 is 4.85. The van der Waals surface area contributed by atoms with Crippen LogP contribution in [-0.4, -0.2) is 13.1 Å². The van der Waals surface area contributed by atoms with E-state index >= 15 is 0 Å². The maximum atomic E-state index is 12.0. The van der Waals surface area contributed by atoms with E-state index in [2.05, 4.69) is 5.32 Å². The van der Waals surface area contributed by atoms with Gasteiger partial charge in [-0.2, -0.15) is 0 Å². The number of nitrogens with one attached hydrogen (secondary N) is 1. The second kappa shape index (κ2) is 7.46. The number of halogens is 2. The normalized spacial score (nSPS) is 12.0. The van der Waals surface area contributed by atoms with Crippen molar-refractivity contribution < 1.29 is 9.53 Å². The minimum Gasteiger partial charge on any atom is -0.468 e. The molecule has 0 bridgehead atoms. The van der Waals surface area contributed by atoms with E-state index in [9.17, 15) is 4.79 Å². The van der Waals surface area contributed by atoms with Crippen molar-refractivity contribution in [3.8, 4) is 0 Å². The largest absolute Gasteiger partial charge is 0.468 e. The molecule has 3 nitrogen and oxygen atoms in total. The number of rotatable bonds is 5. The number of benzene rings is 2. The first-order chi connectivity index (χ1) is 10.1. The summed E-state index contributed by atoms with van der Waals surface area (Å²) in [6.45, 7) is 0.543. The zero-order valence-electron chi connectivity index (χ0n) is 11.5. The zero-order chi connectivity index (χ0) is 15.2. The highest BCUT2D eigenvalue weighted by Crippen LogP contribution is 2.26. The third-order valence-electron chi connectivity index (χ3n) is 3.07. The van der Waals surface area contributed by atoms with Crippen molar-refractivity contribution in [1.82, 2.24) is 5.32 Å². The van der Waals surface area contributed by atoms with E-state index in [1.54, 1.807) is 18.2 Å². The van der Waals surface area contributed by atoms with Gasteiger partial charge in [0.2, 0.25) is 0 Å². The molecule has 110 valence electrons. The highest BCUT2D eigenvalue weighted by Gasteiger charge is 2.21. The maximum Gasteiger partial charge on any atom is 0.327 e. The Labute approximate surface area is 133 Å². The van der Waals surface area contributed by atoms with Crippen molar-refractivity contribution in [3.63, 3.8) is 0 Å². The molecule has 0 radical (unpaired) electrons. The number of hydrogen-bond acceptors (Lipinski definition) is 3. The molecule has 1 unspecified atom stereocenters. The molecule has 0 heterocycles. The van der Waals surface area contributed by atoms with E-state index < -0.39 is 6.04 Å². The zero-order valence-corrected chi connectivity index (χ0v) is 13.0. The van der Waals surface area contributed by atoms with Gasteiger partial charge in [-0.15, -0.1) is 0 Å². The molecule has 2 aromatic rings. The highest BCUT2D eigenvalue weighted by atomic mass is 35.5. The lowest BCUT2D eigenvalue weighted by Crippen LogP contribution is -2.29. The molecule has 0 saturated heterocycles. The quantitative estimate of drug-likeness (QED) is 0.845. The minimum absolute atomic E-state index is 0.371. The summed E-state index contributed by atoms with van der Waals surface area (Å²) in [6, 6.07) is 14.3. The average molecular weight is 324 g/mol. The van der Waals surface area contributed by atoms with Crippen LogP contribution in [-0.2, 0) is 16.1 Å². The Balaban J connectivity index is 2.18. The maximum absolute atomic E-state index is 12.0. The summed E-state index contributed by atoms with van der Waals surface area (Å²) in [6.07, 6.45) is 0. The van der Waals surface area contributed by atoms with Gasteiger partial charge in [-0.25, -0.2) is 4.79 Å². The van der Waals surface area contributed by atoms with Crippen molar-refractivity contribution in [2.24, 2.45) is 0 Å². The van der Waals surface area contributed by atoms with E-state index in [4.69, 9.17) is 27.9 Å². The lowest BCUT2D eigenvalue weighted by molar-refractivity contribution is -0.143. The molecule has 2 rings (SSSR count). The Morgan fingerprint density at radius 3 is 2.48 bits per heavy atom. The molecule has 0 aliphatic heterocycles. The lowest BCUT2D eigenvalue weighted by Gasteiger charge is -2.17. The molecule has 0 fully saturated rings. The van der Waals surface area contributed by atoms with E-state index in [1.807, 2.05) is 30.3 Å². The van der Waals surface area contributed by atoms with Crippen molar-refractivity contribution in [1.29, 1.82) is 0 Å². The summed E-state index contributed by atoms with van der Waals surface area (Å²) >= 11 is 11.9. The van der Waals surface area contributed by atoms with Crippen molar-refractivity contribution >= 4 is 29.2 Å². The molecule has 1 atom stereocenters. The second-order valence-corrected chi connectivity index (χ2v) is 5.31. The highest BCUT2D eigenvalue weighted by molar-refractivity contribution is 6.42. The van der Waals surface area contributed by atoms with Gasteiger partial charge in [-0.05, 0) is 23.3 Å². The summed E-state index contributed by atoms with van der Waals surface area (Å²) in [5.41, 5.74) is 1.79. The Morgan fingerprint density at radius 2 is 1.86 bits per heavy atom. The fraction of sp³-hybridized carbons (Fsp3) is 0.188. The Morgan fingerprint density at radius 1 is 1.14 bits per heavy atom. The topological polar surface area (TPSA) is 38.3 Å². The number of methoxy groups -OCH3 is 1. The molecule has 0 spiro atoms. The first-order valence-corrected chi connectivity index (χ1v) is 7.17. The van der Waals surface area contributed by atoms with Crippen LogP contribution in [0, 0.1) is 0 Å². The number of carbonyl (C=O) groups is 1. The number of carbonyl (C=O) groups excluding carboxylic acids is 1. The molecule has 0 saturated carbocycles. The Kier molecular flexibility index (Phi) is 5.62.